The highest BCUT2D eigenvalue weighted by Crippen LogP contribution is 2.34. The van der Waals surface area contributed by atoms with Gasteiger partial charge in [0, 0.05) is 6.08 Å². The molecule has 0 saturated heterocycles. The van der Waals surface area contributed by atoms with Crippen molar-refractivity contribution in [3.8, 4) is 17.6 Å². The Labute approximate surface area is 166 Å². The number of rotatable bonds is 5. The lowest BCUT2D eigenvalue weighted by atomic mass is 10.1. The lowest BCUT2D eigenvalue weighted by Gasteiger charge is -2.06. The Balaban J connectivity index is 1.75. The van der Waals surface area contributed by atoms with Crippen molar-refractivity contribution >= 4 is 34.3 Å². The van der Waals surface area contributed by atoms with Gasteiger partial charge in [0.1, 0.15) is 15.9 Å². The summed E-state index contributed by atoms with van der Waals surface area (Å²) in [5.41, 5.74) is 1.52. The molecule has 0 bridgehead atoms. The van der Waals surface area contributed by atoms with Gasteiger partial charge in [-0.2, -0.15) is 5.26 Å². The summed E-state index contributed by atoms with van der Waals surface area (Å²) in [5.74, 6) is 0.358. The van der Waals surface area contributed by atoms with E-state index in [0.717, 1.165) is 16.9 Å². The third-order valence-corrected chi connectivity index (χ3v) is 5.03. The summed E-state index contributed by atoms with van der Waals surface area (Å²) >= 11 is 1.03. The minimum atomic E-state index is -0.509. The molecule has 1 aliphatic rings. The molecule has 0 saturated carbocycles. The normalized spacial score (nSPS) is 12.2. The Morgan fingerprint density at radius 1 is 1.32 bits per heavy atom. The molecule has 0 aliphatic carbocycles. The van der Waals surface area contributed by atoms with Crippen LogP contribution in [0.1, 0.15) is 40.2 Å². The van der Waals surface area contributed by atoms with Crippen molar-refractivity contribution in [2.75, 3.05) is 12.1 Å². The second-order valence-corrected chi connectivity index (χ2v) is 7.28. The van der Waals surface area contributed by atoms with Gasteiger partial charge in [-0.3, -0.25) is 4.79 Å². The molecule has 144 valence electrons. The Bertz CT molecular complexity index is 1000. The first kappa shape index (κ1) is 19.5. The zero-order valence-electron chi connectivity index (χ0n) is 15.6. The monoisotopic (exact) mass is 398 g/mol. The van der Waals surface area contributed by atoms with E-state index >= 15 is 0 Å². The fourth-order valence-electron chi connectivity index (χ4n) is 2.54. The molecule has 1 amide bonds. The van der Waals surface area contributed by atoms with Gasteiger partial charge in [-0.1, -0.05) is 6.07 Å². The van der Waals surface area contributed by atoms with Gasteiger partial charge in [0.25, 0.3) is 0 Å². The molecule has 1 N–H and O–H groups in total. The van der Waals surface area contributed by atoms with Crippen LogP contribution < -0.4 is 14.8 Å². The number of fused-ring (bicyclic) bond motifs is 1. The SMILES string of the molecule is Cc1c(C(=O)OC(C)C)sc(NC(=O)/C=C/c2ccc3c(c2)OCO3)c1C#N. The van der Waals surface area contributed by atoms with Crippen LogP contribution in [0.25, 0.3) is 6.08 Å². The zero-order valence-corrected chi connectivity index (χ0v) is 16.4. The largest absolute Gasteiger partial charge is 0.459 e. The molecule has 0 radical (unpaired) electrons. The van der Waals surface area contributed by atoms with Gasteiger partial charge in [0.2, 0.25) is 12.7 Å². The lowest BCUT2D eigenvalue weighted by molar-refractivity contribution is -0.111. The molecule has 0 unspecified atom stereocenters. The molecule has 2 heterocycles. The molecule has 3 rings (SSSR count). The van der Waals surface area contributed by atoms with Crippen LogP contribution in [0.2, 0.25) is 0 Å². The van der Waals surface area contributed by atoms with E-state index in [2.05, 4.69) is 5.32 Å². The highest BCUT2D eigenvalue weighted by Gasteiger charge is 2.22. The average Bonchev–Trinajstić information content (AvgIpc) is 3.23. The molecular formula is C20H18N2O5S. The molecule has 0 spiro atoms. The second kappa shape index (κ2) is 8.15. The van der Waals surface area contributed by atoms with Crippen molar-refractivity contribution in [1.82, 2.24) is 0 Å². The summed E-state index contributed by atoms with van der Waals surface area (Å²) in [5, 5.41) is 12.4. The number of carbonyl (C=O) groups excluding carboxylic acids is 2. The maximum Gasteiger partial charge on any atom is 0.348 e. The Kier molecular flexibility index (Phi) is 5.66. The molecule has 0 atom stereocenters. The molecule has 2 aromatic rings. The number of nitriles is 1. The number of esters is 1. The number of nitrogens with one attached hydrogen (secondary N) is 1. The topological polar surface area (TPSA) is 97.7 Å². The molecule has 28 heavy (non-hydrogen) atoms. The van der Waals surface area contributed by atoms with E-state index in [0.29, 0.717) is 26.9 Å². The van der Waals surface area contributed by atoms with E-state index < -0.39 is 11.9 Å². The molecule has 1 aromatic carbocycles. The summed E-state index contributed by atoms with van der Waals surface area (Å²) < 4.78 is 15.7. The van der Waals surface area contributed by atoms with E-state index in [1.807, 2.05) is 6.07 Å². The Morgan fingerprint density at radius 3 is 2.79 bits per heavy atom. The number of nitrogens with zero attached hydrogens (tertiary/aromatic N) is 1. The molecular weight excluding hydrogens is 380 g/mol. The van der Waals surface area contributed by atoms with E-state index in [-0.39, 0.29) is 18.5 Å². The van der Waals surface area contributed by atoms with Crippen LogP contribution in [-0.4, -0.2) is 24.8 Å². The third-order valence-electron chi connectivity index (χ3n) is 3.85. The van der Waals surface area contributed by atoms with Crippen molar-refractivity contribution in [2.24, 2.45) is 0 Å². The summed E-state index contributed by atoms with van der Waals surface area (Å²) in [6.45, 7) is 5.33. The standard InChI is InChI=1S/C20H18N2O5S/c1-11(2)27-20(24)18-12(3)14(9-21)19(28-18)22-17(23)7-5-13-4-6-15-16(8-13)26-10-25-15/h4-8,11H,10H2,1-3H3,(H,22,23)/b7-5+. The first-order valence-electron chi connectivity index (χ1n) is 8.52. The molecule has 0 fully saturated rings. The van der Waals surface area contributed by atoms with E-state index in [1.165, 1.54) is 6.08 Å². The number of hydrogen-bond donors (Lipinski definition) is 1. The third kappa shape index (κ3) is 4.15. The first-order chi connectivity index (χ1) is 13.4. The molecule has 8 heteroatoms. The number of hydrogen-bond acceptors (Lipinski definition) is 7. The van der Waals surface area contributed by atoms with E-state index in [1.54, 1.807) is 45.0 Å². The molecule has 1 aromatic heterocycles. The van der Waals surface area contributed by atoms with Crippen molar-refractivity contribution in [3.05, 3.63) is 45.8 Å². The smallest absolute Gasteiger partial charge is 0.348 e. The van der Waals surface area contributed by atoms with Gasteiger partial charge in [0.05, 0.1) is 11.7 Å². The number of carbonyl (C=O) groups is 2. The predicted octanol–water partition coefficient (Wildman–Crippen LogP) is 3.87. The summed E-state index contributed by atoms with van der Waals surface area (Å²) in [7, 11) is 0. The quantitative estimate of drug-likeness (QED) is 0.606. The molecule has 1 aliphatic heterocycles. The average molecular weight is 398 g/mol. The van der Waals surface area contributed by atoms with E-state index in [9.17, 15) is 14.9 Å². The fraction of sp³-hybridized carbons (Fsp3) is 0.250. The van der Waals surface area contributed by atoms with Crippen molar-refractivity contribution in [1.29, 1.82) is 5.26 Å². The van der Waals surface area contributed by atoms with Crippen LogP contribution in [0.3, 0.4) is 0 Å². The van der Waals surface area contributed by atoms with Crippen LogP contribution in [0, 0.1) is 18.3 Å². The van der Waals surface area contributed by atoms with Crippen molar-refractivity contribution in [3.63, 3.8) is 0 Å². The fourth-order valence-corrected chi connectivity index (χ4v) is 3.58. The number of benzene rings is 1. The highest BCUT2D eigenvalue weighted by atomic mass is 32.1. The van der Waals surface area contributed by atoms with Crippen LogP contribution >= 0.6 is 11.3 Å². The number of thiophene rings is 1. The Morgan fingerprint density at radius 2 is 2.07 bits per heavy atom. The number of amides is 1. The maximum absolute atomic E-state index is 12.3. The maximum atomic E-state index is 12.3. The minimum Gasteiger partial charge on any atom is -0.459 e. The molecule has 7 nitrogen and oxygen atoms in total. The van der Waals surface area contributed by atoms with Gasteiger partial charge < -0.3 is 19.5 Å². The predicted molar refractivity (Wildman–Crippen MR) is 105 cm³/mol. The summed E-state index contributed by atoms with van der Waals surface area (Å²) in [6, 6.07) is 7.36. The first-order valence-corrected chi connectivity index (χ1v) is 9.34. The minimum absolute atomic E-state index is 0.180. The van der Waals surface area contributed by atoms with Crippen molar-refractivity contribution < 1.29 is 23.8 Å². The van der Waals surface area contributed by atoms with Gasteiger partial charge in [-0.15, -0.1) is 11.3 Å². The van der Waals surface area contributed by atoms with E-state index in [4.69, 9.17) is 14.2 Å². The van der Waals surface area contributed by atoms with Gasteiger partial charge in [-0.25, -0.2) is 4.79 Å². The number of anilines is 1. The van der Waals surface area contributed by atoms with Gasteiger partial charge in [-0.05, 0) is 50.1 Å². The van der Waals surface area contributed by atoms with Crippen LogP contribution in [0.5, 0.6) is 11.5 Å². The second-order valence-electron chi connectivity index (χ2n) is 6.26. The summed E-state index contributed by atoms with van der Waals surface area (Å²) in [6.07, 6.45) is 2.69. The lowest BCUT2D eigenvalue weighted by Crippen LogP contribution is -2.11. The van der Waals surface area contributed by atoms with Gasteiger partial charge in [0.15, 0.2) is 11.5 Å². The van der Waals surface area contributed by atoms with Crippen LogP contribution in [0.4, 0.5) is 5.00 Å². The summed E-state index contributed by atoms with van der Waals surface area (Å²) in [4.78, 5) is 24.8. The number of ether oxygens (including phenoxy) is 3. The van der Waals surface area contributed by atoms with Crippen LogP contribution in [-0.2, 0) is 9.53 Å². The zero-order chi connectivity index (χ0) is 20.3. The van der Waals surface area contributed by atoms with Crippen molar-refractivity contribution in [2.45, 2.75) is 26.9 Å². The van der Waals surface area contributed by atoms with Crippen LogP contribution in [0.15, 0.2) is 24.3 Å². The highest BCUT2D eigenvalue weighted by molar-refractivity contribution is 7.18. The Hall–Kier alpha value is -3.31. The van der Waals surface area contributed by atoms with Gasteiger partial charge >= 0.3 is 5.97 Å².